The highest BCUT2D eigenvalue weighted by molar-refractivity contribution is 5.89. The molecule has 3 aliphatic rings. The average Bonchev–Trinajstić information content (AvgIpc) is 3.16. The second kappa shape index (κ2) is 7.45. The van der Waals surface area contributed by atoms with Gasteiger partial charge in [0.05, 0.1) is 5.92 Å². The Bertz CT molecular complexity index is 470. The van der Waals surface area contributed by atoms with Crippen LogP contribution in [0.2, 0.25) is 0 Å². The lowest BCUT2D eigenvalue weighted by molar-refractivity contribution is -0.130. The minimum Gasteiger partial charge on any atom is -0.353 e. The molecule has 4 atom stereocenters. The molecule has 136 valence electrons. The summed E-state index contributed by atoms with van der Waals surface area (Å²) in [6.45, 7) is 7.46. The van der Waals surface area contributed by atoms with Gasteiger partial charge in [-0.05, 0) is 43.4 Å². The third kappa shape index (κ3) is 3.78. The van der Waals surface area contributed by atoms with Crippen molar-refractivity contribution in [1.82, 2.24) is 10.2 Å². The summed E-state index contributed by atoms with van der Waals surface area (Å²) in [4.78, 5) is 27.1. The Hall–Kier alpha value is -1.06. The number of hydrogen-bond acceptors (Lipinski definition) is 2. The molecule has 2 amide bonds. The minimum absolute atomic E-state index is 0.119. The molecule has 24 heavy (non-hydrogen) atoms. The number of likely N-dealkylation sites (tertiary alicyclic amines) is 1. The van der Waals surface area contributed by atoms with Crippen LogP contribution < -0.4 is 5.32 Å². The number of amides is 2. The molecule has 0 bridgehead atoms. The Kier molecular flexibility index (Phi) is 5.51. The summed E-state index contributed by atoms with van der Waals surface area (Å²) in [6, 6.07) is 0.685. The Morgan fingerprint density at radius 3 is 2.54 bits per heavy atom. The molecule has 3 fully saturated rings. The maximum Gasteiger partial charge on any atom is 0.225 e. The van der Waals surface area contributed by atoms with Crippen LogP contribution in [0.1, 0.15) is 72.1 Å². The smallest absolute Gasteiger partial charge is 0.225 e. The van der Waals surface area contributed by atoms with Crippen LogP contribution in [0.5, 0.6) is 0 Å². The van der Waals surface area contributed by atoms with Crippen molar-refractivity contribution in [3.8, 4) is 0 Å². The predicted octanol–water partition coefficient (Wildman–Crippen LogP) is 3.35. The van der Waals surface area contributed by atoms with E-state index in [1.165, 1.54) is 25.7 Å². The molecular weight excluding hydrogens is 300 g/mol. The van der Waals surface area contributed by atoms with Gasteiger partial charge >= 0.3 is 0 Å². The van der Waals surface area contributed by atoms with Gasteiger partial charge in [0.25, 0.3) is 0 Å². The van der Waals surface area contributed by atoms with Crippen molar-refractivity contribution in [2.45, 2.75) is 84.2 Å². The maximum atomic E-state index is 12.8. The standard InChI is InChI=1S/C20H34N2O2/c1-13(2)17-9-8-14(3)10-18(17)21-20(24)15-11-19(23)22(12-15)16-6-4-5-7-16/h13-18H,4-12H2,1-3H3,(H,21,24)/t14-,15-,17-,18+/m1/s1. The summed E-state index contributed by atoms with van der Waals surface area (Å²) in [7, 11) is 0. The largest absolute Gasteiger partial charge is 0.353 e. The van der Waals surface area contributed by atoms with E-state index in [-0.39, 0.29) is 23.8 Å². The first-order valence-electron chi connectivity index (χ1n) is 10.1. The van der Waals surface area contributed by atoms with Crippen molar-refractivity contribution in [2.24, 2.45) is 23.7 Å². The molecule has 0 aromatic heterocycles. The number of hydrogen-bond donors (Lipinski definition) is 1. The van der Waals surface area contributed by atoms with Crippen molar-refractivity contribution in [2.75, 3.05) is 6.54 Å². The van der Waals surface area contributed by atoms with Gasteiger partial charge in [-0.3, -0.25) is 9.59 Å². The summed E-state index contributed by atoms with van der Waals surface area (Å²) in [6.07, 6.45) is 8.67. The lowest BCUT2D eigenvalue weighted by Crippen LogP contribution is -2.48. The maximum absolute atomic E-state index is 12.8. The molecule has 0 spiro atoms. The summed E-state index contributed by atoms with van der Waals surface area (Å²) >= 11 is 0. The van der Waals surface area contributed by atoms with Gasteiger partial charge in [-0.1, -0.05) is 40.0 Å². The molecule has 0 unspecified atom stereocenters. The molecule has 4 nitrogen and oxygen atoms in total. The van der Waals surface area contributed by atoms with E-state index >= 15 is 0 Å². The van der Waals surface area contributed by atoms with Gasteiger partial charge < -0.3 is 10.2 Å². The molecule has 2 saturated carbocycles. The zero-order valence-electron chi connectivity index (χ0n) is 15.6. The first-order chi connectivity index (χ1) is 11.5. The zero-order chi connectivity index (χ0) is 17.3. The Morgan fingerprint density at radius 1 is 1.17 bits per heavy atom. The monoisotopic (exact) mass is 334 g/mol. The van der Waals surface area contributed by atoms with Crippen LogP contribution in [0.4, 0.5) is 0 Å². The molecule has 0 aromatic carbocycles. The van der Waals surface area contributed by atoms with Crippen molar-refractivity contribution in [3.05, 3.63) is 0 Å². The fourth-order valence-corrected chi connectivity index (χ4v) is 5.14. The van der Waals surface area contributed by atoms with Gasteiger partial charge in [-0.15, -0.1) is 0 Å². The molecule has 1 N–H and O–H groups in total. The SMILES string of the molecule is CC(C)[C@H]1CC[C@@H](C)C[C@@H]1NC(=O)[C@@H]1CC(=O)N(C2CCCC2)C1. The van der Waals surface area contributed by atoms with Crippen LogP contribution >= 0.6 is 0 Å². The van der Waals surface area contributed by atoms with Gasteiger partial charge in [0.1, 0.15) is 0 Å². The molecule has 0 radical (unpaired) electrons. The molecule has 3 rings (SSSR count). The summed E-state index contributed by atoms with van der Waals surface area (Å²) in [5.41, 5.74) is 0. The Labute approximate surface area is 146 Å². The van der Waals surface area contributed by atoms with Crippen LogP contribution in [-0.2, 0) is 9.59 Å². The Balaban J connectivity index is 1.58. The van der Waals surface area contributed by atoms with Gasteiger partial charge in [-0.25, -0.2) is 0 Å². The molecular formula is C20H34N2O2. The van der Waals surface area contributed by atoms with E-state index in [4.69, 9.17) is 0 Å². The highest BCUT2D eigenvalue weighted by Gasteiger charge is 2.40. The normalized spacial score (nSPS) is 35.0. The lowest BCUT2D eigenvalue weighted by Gasteiger charge is -2.38. The summed E-state index contributed by atoms with van der Waals surface area (Å²) < 4.78 is 0. The Morgan fingerprint density at radius 2 is 1.88 bits per heavy atom. The molecule has 2 aliphatic carbocycles. The van der Waals surface area contributed by atoms with Gasteiger partial charge in [0, 0.05) is 25.0 Å². The molecule has 0 aromatic rings. The second-order valence-electron chi connectivity index (χ2n) is 8.83. The van der Waals surface area contributed by atoms with Crippen molar-refractivity contribution < 1.29 is 9.59 Å². The van der Waals surface area contributed by atoms with Crippen LogP contribution in [0, 0.1) is 23.7 Å². The summed E-state index contributed by atoms with van der Waals surface area (Å²) in [5, 5.41) is 3.34. The number of nitrogens with zero attached hydrogens (tertiary/aromatic N) is 1. The van der Waals surface area contributed by atoms with E-state index in [1.54, 1.807) is 0 Å². The third-order valence-corrected chi connectivity index (χ3v) is 6.64. The topological polar surface area (TPSA) is 49.4 Å². The fraction of sp³-hybridized carbons (Fsp3) is 0.900. The second-order valence-corrected chi connectivity index (χ2v) is 8.83. The van der Waals surface area contributed by atoms with Gasteiger partial charge in [-0.2, -0.15) is 0 Å². The first-order valence-corrected chi connectivity index (χ1v) is 10.1. The minimum atomic E-state index is -0.136. The van der Waals surface area contributed by atoms with Crippen LogP contribution in [0.15, 0.2) is 0 Å². The van der Waals surface area contributed by atoms with E-state index in [0.29, 0.717) is 36.8 Å². The van der Waals surface area contributed by atoms with Crippen LogP contribution in [0.25, 0.3) is 0 Å². The average molecular weight is 335 g/mol. The van der Waals surface area contributed by atoms with E-state index in [1.807, 2.05) is 4.90 Å². The lowest BCUT2D eigenvalue weighted by atomic mass is 9.74. The molecule has 1 heterocycles. The van der Waals surface area contributed by atoms with E-state index in [2.05, 4.69) is 26.1 Å². The fourth-order valence-electron chi connectivity index (χ4n) is 5.14. The number of carbonyl (C=O) groups excluding carboxylic acids is 2. The molecule has 1 aliphatic heterocycles. The molecule has 1 saturated heterocycles. The predicted molar refractivity (Wildman–Crippen MR) is 95.3 cm³/mol. The molecule has 4 heteroatoms. The van der Waals surface area contributed by atoms with Crippen molar-refractivity contribution in [1.29, 1.82) is 0 Å². The summed E-state index contributed by atoms with van der Waals surface area (Å²) in [5.74, 6) is 2.04. The van der Waals surface area contributed by atoms with E-state index in [0.717, 1.165) is 19.3 Å². The number of rotatable bonds is 4. The van der Waals surface area contributed by atoms with Crippen LogP contribution in [-0.4, -0.2) is 35.3 Å². The van der Waals surface area contributed by atoms with Crippen molar-refractivity contribution >= 4 is 11.8 Å². The van der Waals surface area contributed by atoms with Gasteiger partial charge in [0.2, 0.25) is 11.8 Å². The van der Waals surface area contributed by atoms with Crippen molar-refractivity contribution in [3.63, 3.8) is 0 Å². The van der Waals surface area contributed by atoms with E-state index in [9.17, 15) is 9.59 Å². The first kappa shape index (κ1) is 17.8. The highest BCUT2D eigenvalue weighted by atomic mass is 16.2. The van der Waals surface area contributed by atoms with Gasteiger partial charge in [0.15, 0.2) is 0 Å². The van der Waals surface area contributed by atoms with E-state index < -0.39 is 0 Å². The third-order valence-electron chi connectivity index (χ3n) is 6.64. The zero-order valence-corrected chi connectivity index (χ0v) is 15.6. The number of carbonyl (C=O) groups is 2. The quantitative estimate of drug-likeness (QED) is 0.857. The highest BCUT2D eigenvalue weighted by Crippen LogP contribution is 2.34. The van der Waals surface area contributed by atoms with Crippen LogP contribution in [0.3, 0.4) is 0 Å². The number of nitrogens with one attached hydrogen (secondary N) is 1.